The standard InChI is InChI=1S/C31H30ClNO5/c1-4-15-38-24-10-11-25(27(32)18-24)29(34)31(13-6-14-33-31)19-23-16-21(9-12-28(23)37-5-2)22-8-7-20(3)26(17-22)30(35)36/h6-14,16-18H,4-5,15,19H2,1-3H3,(H,35,36). The molecule has 0 aliphatic carbocycles. The quantitative estimate of drug-likeness (QED) is 0.269. The lowest BCUT2D eigenvalue weighted by atomic mass is 9.83. The number of carboxylic acids is 1. The summed E-state index contributed by atoms with van der Waals surface area (Å²) in [4.78, 5) is 30.2. The van der Waals surface area contributed by atoms with Crippen LogP contribution in [0.5, 0.6) is 11.5 Å². The van der Waals surface area contributed by atoms with E-state index < -0.39 is 11.5 Å². The second kappa shape index (κ2) is 11.7. The number of benzene rings is 3. The Kier molecular flexibility index (Phi) is 8.32. The molecular formula is C31H30ClNO5. The van der Waals surface area contributed by atoms with Gasteiger partial charge in [-0.2, -0.15) is 0 Å². The molecule has 1 heterocycles. The number of aromatic carboxylic acids is 1. The number of carboxylic acid groups (broad SMARTS) is 1. The van der Waals surface area contributed by atoms with Crippen LogP contribution >= 0.6 is 11.6 Å². The molecule has 0 saturated heterocycles. The fourth-order valence-electron chi connectivity index (χ4n) is 4.48. The smallest absolute Gasteiger partial charge is 0.335 e. The number of hydrogen-bond acceptors (Lipinski definition) is 5. The summed E-state index contributed by atoms with van der Waals surface area (Å²) in [6.45, 7) is 6.69. The van der Waals surface area contributed by atoms with E-state index in [0.29, 0.717) is 40.9 Å². The molecule has 0 saturated carbocycles. The van der Waals surface area contributed by atoms with Crippen LogP contribution in [-0.2, 0) is 6.42 Å². The van der Waals surface area contributed by atoms with E-state index in [9.17, 15) is 14.7 Å². The molecule has 1 atom stereocenters. The van der Waals surface area contributed by atoms with E-state index in [1.54, 1.807) is 55.6 Å². The molecule has 1 unspecified atom stereocenters. The number of carbonyl (C=O) groups is 2. The van der Waals surface area contributed by atoms with Crippen LogP contribution in [0.15, 0.2) is 71.7 Å². The first-order valence-corrected chi connectivity index (χ1v) is 13.0. The van der Waals surface area contributed by atoms with Gasteiger partial charge in [0, 0.05) is 18.2 Å². The summed E-state index contributed by atoms with van der Waals surface area (Å²) in [5, 5.41) is 9.88. The minimum Gasteiger partial charge on any atom is -0.494 e. The van der Waals surface area contributed by atoms with Crippen molar-refractivity contribution < 1.29 is 24.2 Å². The van der Waals surface area contributed by atoms with Gasteiger partial charge in [0.25, 0.3) is 0 Å². The van der Waals surface area contributed by atoms with Crippen LogP contribution in [0.25, 0.3) is 11.1 Å². The molecule has 0 aromatic heterocycles. The zero-order valence-electron chi connectivity index (χ0n) is 21.7. The number of nitrogens with zero attached hydrogens (tertiary/aromatic N) is 1. The molecule has 0 amide bonds. The van der Waals surface area contributed by atoms with Crippen LogP contribution in [0.4, 0.5) is 0 Å². The van der Waals surface area contributed by atoms with Gasteiger partial charge in [0.1, 0.15) is 17.0 Å². The van der Waals surface area contributed by atoms with Crippen LogP contribution in [-0.4, -0.2) is 41.8 Å². The molecule has 3 aromatic rings. The molecule has 0 radical (unpaired) electrons. The Hall–Kier alpha value is -3.90. The molecule has 38 heavy (non-hydrogen) atoms. The van der Waals surface area contributed by atoms with Crippen LogP contribution in [0.3, 0.4) is 0 Å². The first kappa shape index (κ1) is 27.1. The molecule has 0 fully saturated rings. The highest BCUT2D eigenvalue weighted by atomic mass is 35.5. The Morgan fingerprint density at radius 3 is 2.39 bits per heavy atom. The number of Topliss-reactive ketones (excluding diaryl/α,β-unsaturated/α-hetero) is 1. The van der Waals surface area contributed by atoms with E-state index in [4.69, 9.17) is 21.1 Å². The molecule has 1 aliphatic heterocycles. The molecule has 6 nitrogen and oxygen atoms in total. The number of rotatable bonds is 11. The normalized spacial score (nSPS) is 16.0. The number of ketones is 1. The summed E-state index contributed by atoms with van der Waals surface area (Å²) in [5.41, 5.74) is 2.44. The fourth-order valence-corrected chi connectivity index (χ4v) is 4.74. The number of aliphatic imine (C=N–C) groups is 1. The van der Waals surface area contributed by atoms with Gasteiger partial charge >= 0.3 is 5.97 Å². The van der Waals surface area contributed by atoms with Gasteiger partial charge < -0.3 is 14.6 Å². The lowest BCUT2D eigenvalue weighted by Crippen LogP contribution is -2.36. The summed E-state index contributed by atoms with van der Waals surface area (Å²) >= 11 is 6.54. The third kappa shape index (κ3) is 5.65. The first-order valence-electron chi connectivity index (χ1n) is 12.6. The summed E-state index contributed by atoms with van der Waals surface area (Å²) in [7, 11) is 0. The van der Waals surface area contributed by atoms with Gasteiger partial charge in [-0.1, -0.05) is 36.7 Å². The third-order valence-electron chi connectivity index (χ3n) is 6.44. The highest BCUT2D eigenvalue weighted by Crippen LogP contribution is 2.36. The summed E-state index contributed by atoms with van der Waals surface area (Å²) in [6.07, 6.45) is 6.26. The van der Waals surface area contributed by atoms with Crippen molar-refractivity contribution in [2.24, 2.45) is 4.99 Å². The molecule has 196 valence electrons. The topological polar surface area (TPSA) is 85.2 Å². The maximum atomic E-state index is 13.9. The van der Waals surface area contributed by atoms with Gasteiger partial charge in [0.05, 0.1) is 23.8 Å². The maximum Gasteiger partial charge on any atom is 0.335 e. The summed E-state index contributed by atoms with van der Waals surface area (Å²) < 4.78 is 11.6. The largest absolute Gasteiger partial charge is 0.494 e. The van der Waals surface area contributed by atoms with Crippen molar-refractivity contribution in [3.63, 3.8) is 0 Å². The average molecular weight is 532 g/mol. The summed E-state index contributed by atoms with van der Waals surface area (Å²) in [5.74, 6) is 0.0383. The van der Waals surface area contributed by atoms with Crippen molar-refractivity contribution in [3.8, 4) is 22.6 Å². The lowest BCUT2D eigenvalue weighted by molar-refractivity contribution is 0.0696. The van der Waals surface area contributed by atoms with Gasteiger partial charge in [0.15, 0.2) is 5.78 Å². The minimum atomic E-state index is -1.20. The number of ether oxygens (including phenoxy) is 2. The Balaban J connectivity index is 1.73. The predicted octanol–water partition coefficient (Wildman–Crippen LogP) is 7.01. The van der Waals surface area contributed by atoms with Crippen LogP contribution in [0.1, 0.15) is 52.1 Å². The zero-order valence-corrected chi connectivity index (χ0v) is 22.4. The van der Waals surface area contributed by atoms with E-state index in [-0.39, 0.29) is 17.8 Å². The van der Waals surface area contributed by atoms with Crippen molar-refractivity contribution in [2.45, 2.75) is 39.2 Å². The van der Waals surface area contributed by atoms with Gasteiger partial charge in [-0.15, -0.1) is 0 Å². The number of aryl methyl sites for hydroxylation is 1. The maximum absolute atomic E-state index is 13.9. The highest BCUT2D eigenvalue weighted by molar-refractivity contribution is 6.34. The van der Waals surface area contributed by atoms with E-state index in [1.165, 1.54) is 0 Å². The van der Waals surface area contributed by atoms with Gasteiger partial charge in [-0.3, -0.25) is 9.79 Å². The van der Waals surface area contributed by atoms with Crippen LogP contribution in [0.2, 0.25) is 5.02 Å². The Morgan fingerprint density at radius 2 is 1.74 bits per heavy atom. The van der Waals surface area contributed by atoms with Gasteiger partial charge in [-0.25, -0.2) is 4.79 Å². The number of carbonyl (C=O) groups excluding carboxylic acids is 1. The summed E-state index contributed by atoms with van der Waals surface area (Å²) in [6, 6.07) is 16.1. The SMILES string of the molecule is CCCOc1ccc(C(=O)C2(Cc3cc(-c4ccc(C)c(C(=O)O)c4)ccc3OCC)C=CC=N2)c(Cl)c1. The van der Waals surface area contributed by atoms with E-state index in [0.717, 1.165) is 23.1 Å². The average Bonchev–Trinajstić information content (AvgIpc) is 3.38. The second-order valence-corrected chi connectivity index (χ2v) is 9.56. The fraction of sp³-hybridized carbons (Fsp3) is 0.258. The second-order valence-electron chi connectivity index (χ2n) is 9.15. The van der Waals surface area contributed by atoms with Crippen LogP contribution < -0.4 is 9.47 Å². The molecule has 7 heteroatoms. The molecular weight excluding hydrogens is 502 g/mol. The first-order chi connectivity index (χ1) is 18.3. The number of halogens is 1. The monoisotopic (exact) mass is 531 g/mol. The van der Waals surface area contributed by atoms with E-state index in [1.807, 2.05) is 38.1 Å². The highest BCUT2D eigenvalue weighted by Gasteiger charge is 2.39. The molecule has 1 aliphatic rings. The molecule has 4 rings (SSSR count). The van der Waals surface area contributed by atoms with Crippen molar-refractivity contribution in [1.29, 1.82) is 0 Å². The van der Waals surface area contributed by atoms with E-state index in [2.05, 4.69) is 4.99 Å². The number of hydrogen-bond donors (Lipinski definition) is 1. The van der Waals surface area contributed by atoms with Crippen molar-refractivity contribution >= 4 is 29.6 Å². The van der Waals surface area contributed by atoms with Gasteiger partial charge in [-0.05, 0) is 91.1 Å². The minimum absolute atomic E-state index is 0.231. The Labute approximate surface area is 227 Å². The number of allylic oxidation sites excluding steroid dienone is 1. The van der Waals surface area contributed by atoms with Crippen molar-refractivity contribution in [3.05, 3.63) is 94.0 Å². The third-order valence-corrected chi connectivity index (χ3v) is 6.75. The van der Waals surface area contributed by atoms with Crippen molar-refractivity contribution in [2.75, 3.05) is 13.2 Å². The molecule has 3 aromatic carbocycles. The van der Waals surface area contributed by atoms with E-state index >= 15 is 0 Å². The van der Waals surface area contributed by atoms with Crippen LogP contribution in [0, 0.1) is 6.92 Å². The predicted molar refractivity (Wildman–Crippen MR) is 150 cm³/mol. The van der Waals surface area contributed by atoms with Gasteiger partial charge in [0.2, 0.25) is 0 Å². The molecule has 0 bridgehead atoms. The van der Waals surface area contributed by atoms with Crippen molar-refractivity contribution in [1.82, 2.24) is 0 Å². The Bertz CT molecular complexity index is 1410. The molecule has 0 spiro atoms. The Morgan fingerprint density at radius 1 is 0.974 bits per heavy atom. The molecule has 1 N–H and O–H groups in total. The lowest BCUT2D eigenvalue weighted by Gasteiger charge is -2.25. The zero-order chi connectivity index (χ0) is 27.3.